The average molecular weight is 178 g/mol. The molecule has 0 N–H and O–H groups in total. The Balaban J connectivity index is 4.48. The maximum Gasteiger partial charge on any atom is 0.0914 e. The molecule has 0 atom stereocenters. The third kappa shape index (κ3) is 4.37. The Morgan fingerprint density at radius 2 is 1.85 bits per heavy atom. The molecule has 0 rings (SSSR count). The lowest BCUT2D eigenvalue weighted by atomic mass is 10.2. The number of nitrogens with zero attached hydrogens (tertiary/aromatic N) is 2. The number of nitriles is 1. The Morgan fingerprint density at radius 1 is 1.31 bits per heavy atom. The number of allylic oxidation sites excluding steroid dienone is 4. The van der Waals surface area contributed by atoms with Crippen molar-refractivity contribution in [2.24, 2.45) is 0 Å². The van der Waals surface area contributed by atoms with E-state index in [1.165, 1.54) is 5.70 Å². The maximum atomic E-state index is 8.43. The lowest BCUT2D eigenvalue weighted by Gasteiger charge is -2.21. The Labute approximate surface area is 81.2 Å². The molecule has 0 aromatic heterocycles. The average Bonchev–Trinajstić information content (AvgIpc) is 2.06. The lowest BCUT2D eigenvalue weighted by Crippen LogP contribution is -2.20. The molecule has 0 unspecified atom stereocenters. The van der Waals surface area contributed by atoms with Crippen LogP contribution >= 0.6 is 0 Å². The minimum Gasteiger partial charge on any atom is -0.376 e. The summed E-state index contributed by atoms with van der Waals surface area (Å²) in [6.07, 6.45) is 3.60. The SMILES string of the molecule is CCN(CC)C(C)=CC(C)=CC#N. The van der Waals surface area contributed by atoms with Crippen LogP contribution in [0.25, 0.3) is 0 Å². The van der Waals surface area contributed by atoms with E-state index in [2.05, 4.69) is 25.7 Å². The van der Waals surface area contributed by atoms with E-state index in [4.69, 9.17) is 5.26 Å². The van der Waals surface area contributed by atoms with Crippen molar-refractivity contribution in [1.82, 2.24) is 4.90 Å². The van der Waals surface area contributed by atoms with Crippen LogP contribution in [0.5, 0.6) is 0 Å². The Bertz CT molecular complexity index is 239. The van der Waals surface area contributed by atoms with Gasteiger partial charge in [0.1, 0.15) is 0 Å². The standard InChI is InChI=1S/C11H18N2/c1-5-13(6-2)11(4)9-10(3)7-8-12/h7,9H,5-6H2,1-4H3. The second kappa shape index (κ2) is 6.30. The molecular formula is C11H18N2. The zero-order chi connectivity index (χ0) is 10.3. The topological polar surface area (TPSA) is 27.0 Å². The first-order valence-electron chi connectivity index (χ1n) is 4.65. The normalized spacial score (nSPS) is 12.5. The van der Waals surface area contributed by atoms with Crippen molar-refractivity contribution in [2.75, 3.05) is 13.1 Å². The summed E-state index contributed by atoms with van der Waals surface area (Å²) < 4.78 is 0. The predicted molar refractivity (Wildman–Crippen MR) is 56.0 cm³/mol. The fourth-order valence-corrected chi connectivity index (χ4v) is 1.29. The highest BCUT2D eigenvalue weighted by atomic mass is 15.1. The van der Waals surface area contributed by atoms with Crippen molar-refractivity contribution < 1.29 is 0 Å². The summed E-state index contributed by atoms with van der Waals surface area (Å²) >= 11 is 0. The summed E-state index contributed by atoms with van der Waals surface area (Å²) in [5.41, 5.74) is 2.22. The molecule has 2 nitrogen and oxygen atoms in total. The van der Waals surface area contributed by atoms with E-state index in [1.807, 2.05) is 19.1 Å². The first-order chi connectivity index (χ1) is 6.15. The van der Waals surface area contributed by atoms with Gasteiger partial charge in [0.15, 0.2) is 0 Å². The molecule has 0 aromatic carbocycles. The molecule has 72 valence electrons. The highest BCUT2D eigenvalue weighted by molar-refractivity contribution is 5.25. The second-order valence-corrected chi connectivity index (χ2v) is 2.98. The molecule has 0 amide bonds. The second-order valence-electron chi connectivity index (χ2n) is 2.98. The minimum atomic E-state index is 1.01. The van der Waals surface area contributed by atoms with Gasteiger partial charge in [-0.1, -0.05) is 0 Å². The van der Waals surface area contributed by atoms with Gasteiger partial charge in [-0.25, -0.2) is 0 Å². The van der Waals surface area contributed by atoms with E-state index in [0.717, 1.165) is 18.7 Å². The summed E-state index contributed by atoms with van der Waals surface area (Å²) in [5.74, 6) is 0. The van der Waals surface area contributed by atoms with Crippen LogP contribution < -0.4 is 0 Å². The van der Waals surface area contributed by atoms with Gasteiger partial charge in [-0.3, -0.25) is 0 Å². The number of hydrogen-bond acceptors (Lipinski definition) is 2. The molecule has 0 bridgehead atoms. The molecule has 0 aliphatic heterocycles. The van der Waals surface area contributed by atoms with E-state index in [1.54, 1.807) is 6.08 Å². The van der Waals surface area contributed by atoms with Crippen molar-refractivity contribution >= 4 is 0 Å². The van der Waals surface area contributed by atoms with Gasteiger partial charge in [0.05, 0.1) is 6.07 Å². The molecule has 13 heavy (non-hydrogen) atoms. The first kappa shape index (κ1) is 11.8. The summed E-state index contributed by atoms with van der Waals surface area (Å²) in [7, 11) is 0. The van der Waals surface area contributed by atoms with Crippen LogP contribution in [0.2, 0.25) is 0 Å². The van der Waals surface area contributed by atoms with Gasteiger partial charge in [0.25, 0.3) is 0 Å². The van der Waals surface area contributed by atoms with Gasteiger partial charge in [-0.15, -0.1) is 0 Å². The van der Waals surface area contributed by atoms with Gasteiger partial charge in [0, 0.05) is 24.9 Å². The van der Waals surface area contributed by atoms with Crippen LogP contribution in [-0.4, -0.2) is 18.0 Å². The molecule has 0 spiro atoms. The summed E-state index contributed by atoms with van der Waals surface area (Å²) in [6, 6.07) is 2.02. The molecule has 0 saturated carbocycles. The van der Waals surface area contributed by atoms with E-state index < -0.39 is 0 Å². The Hall–Kier alpha value is -1.23. The molecule has 0 radical (unpaired) electrons. The Kier molecular flexibility index (Phi) is 5.71. The van der Waals surface area contributed by atoms with Crippen LogP contribution in [0, 0.1) is 11.3 Å². The van der Waals surface area contributed by atoms with Crippen molar-refractivity contribution in [3.63, 3.8) is 0 Å². The van der Waals surface area contributed by atoms with E-state index in [9.17, 15) is 0 Å². The molecular weight excluding hydrogens is 160 g/mol. The van der Waals surface area contributed by atoms with Gasteiger partial charge in [-0.2, -0.15) is 5.26 Å². The zero-order valence-corrected chi connectivity index (χ0v) is 8.96. The van der Waals surface area contributed by atoms with Crippen molar-refractivity contribution in [3.8, 4) is 6.07 Å². The lowest BCUT2D eigenvalue weighted by molar-refractivity contribution is 0.383. The van der Waals surface area contributed by atoms with Crippen molar-refractivity contribution in [3.05, 3.63) is 23.4 Å². The van der Waals surface area contributed by atoms with Gasteiger partial charge in [0.2, 0.25) is 0 Å². The maximum absolute atomic E-state index is 8.43. The van der Waals surface area contributed by atoms with Crippen LogP contribution in [0.3, 0.4) is 0 Å². The molecule has 0 aliphatic carbocycles. The molecule has 0 heterocycles. The van der Waals surface area contributed by atoms with Crippen LogP contribution in [0.1, 0.15) is 27.7 Å². The molecule has 2 heteroatoms. The van der Waals surface area contributed by atoms with Crippen LogP contribution in [0.4, 0.5) is 0 Å². The summed E-state index contributed by atoms with van der Waals surface area (Å²) in [6.45, 7) is 10.3. The minimum absolute atomic E-state index is 1.01. The van der Waals surface area contributed by atoms with E-state index in [-0.39, 0.29) is 0 Å². The molecule has 0 saturated heterocycles. The number of hydrogen-bond donors (Lipinski definition) is 0. The van der Waals surface area contributed by atoms with Gasteiger partial charge < -0.3 is 4.90 Å². The highest BCUT2D eigenvalue weighted by Crippen LogP contribution is 2.06. The van der Waals surface area contributed by atoms with Gasteiger partial charge in [-0.05, 0) is 39.3 Å². The highest BCUT2D eigenvalue weighted by Gasteiger charge is 1.98. The molecule has 0 aliphatic rings. The van der Waals surface area contributed by atoms with Crippen LogP contribution in [-0.2, 0) is 0 Å². The van der Waals surface area contributed by atoms with Crippen molar-refractivity contribution in [1.29, 1.82) is 5.26 Å². The summed E-state index contributed by atoms with van der Waals surface area (Å²) in [5, 5.41) is 8.43. The summed E-state index contributed by atoms with van der Waals surface area (Å²) in [4.78, 5) is 2.26. The predicted octanol–water partition coefficient (Wildman–Crippen LogP) is 2.70. The number of rotatable bonds is 4. The molecule has 0 aromatic rings. The quantitative estimate of drug-likeness (QED) is 0.489. The first-order valence-corrected chi connectivity index (χ1v) is 4.65. The van der Waals surface area contributed by atoms with Crippen LogP contribution in [0.15, 0.2) is 23.4 Å². The Morgan fingerprint density at radius 3 is 2.23 bits per heavy atom. The van der Waals surface area contributed by atoms with Gasteiger partial charge >= 0.3 is 0 Å². The molecule has 0 fully saturated rings. The fraction of sp³-hybridized carbons (Fsp3) is 0.545. The van der Waals surface area contributed by atoms with E-state index in [0.29, 0.717) is 0 Å². The van der Waals surface area contributed by atoms with E-state index >= 15 is 0 Å². The largest absolute Gasteiger partial charge is 0.376 e. The fourth-order valence-electron chi connectivity index (χ4n) is 1.29. The third-order valence-electron chi connectivity index (χ3n) is 1.99. The monoisotopic (exact) mass is 178 g/mol. The zero-order valence-electron chi connectivity index (χ0n) is 8.96. The smallest absolute Gasteiger partial charge is 0.0914 e. The third-order valence-corrected chi connectivity index (χ3v) is 1.99. The van der Waals surface area contributed by atoms with Crippen molar-refractivity contribution in [2.45, 2.75) is 27.7 Å².